The number of halogens is 3. The molecule has 0 radical (unpaired) electrons. The quantitative estimate of drug-likeness (QED) is 0.856. The van der Waals surface area contributed by atoms with E-state index in [4.69, 9.17) is 9.63 Å². The van der Waals surface area contributed by atoms with Crippen molar-refractivity contribution < 1.29 is 27.6 Å². The van der Waals surface area contributed by atoms with Gasteiger partial charge in [0, 0.05) is 12.1 Å². The molecule has 1 aliphatic heterocycles. The molecule has 94 valence electrons. The molecule has 0 aromatic carbocycles. The summed E-state index contributed by atoms with van der Waals surface area (Å²) in [5.74, 6) is -1.02. The Bertz CT molecular complexity index is 441. The summed E-state index contributed by atoms with van der Waals surface area (Å²) in [6.07, 6.45) is -4.07. The Hall–Kier alpha value is -1.57. The summed E-state index contributed by atoms with van der Waals surface area (Å²) in [7, 11) is 0. The number of aromatic carboxylic acids is 1. The smallest absolute Gasteiger partial charge is 0.401 e. The van der Waals surface area contributed by atoms with Crippen molar-refractivity contribution in [1.29, 1.82) is 0 Å². The highest BCUT2D eigenvalue weighted by atomic mass is 19.4. The molecule has 1 aromatic rings. The summed E-state index contributed by atoms with van der Waals surface area (Å²) in [5.41, 5.74) is 0.197. The fraction of sp³-hybridized carbons (Fsp3) is 0.556. The van der Waals surface area contributed by atoms with Crippen molar-refractivity contribution in [3.63, 3.8) is 0 Å². The number of alkyl halides is 3. The van der Waals surface area contributed by atoms with Crippen LogP contribution in [0.5, 0.6) is 0 Å². The standard InChI is InChI=1S/C9H9F3N2O3/c10-9(11,12)4-14-2-1-5-6(3-14)17-13-7(5)8(15)16/h1-4H2,(H,15,16). The number of carbonyl (C=O) groups is 1. The van der Waals surface area contributed by atoms with E-state index in [9.17, 15) is 18.0 Å². The second-order valence-corrected chi connectivity index (χ2v) is 3.81. The number of rotatable bonds is 2. The van der Waals surface area contributed by atoms with Gasteiger partial charge in [-0.25, -0.2) is 4.79 Å². The molecule has 17 heavy (non-hydrogen) atoms. The van der Waals surface area contributed by atoms with Crippen molar-refractivity contribution in [2.75, 3.05) is 13.1 Å². The van der Waals surface area contributed by atoms with E-state index in [1.807, 2.05) is 0 Å². The van der Waals surface area contributed by atoms with Crippen LogP contribution in [0, 0.1) is 0 Å². The minimum absolute atomic E-state index is 0.0604. The SMILES string of the molecule is O=C(O)c1noc2c1CCN(CC(F)(F)F)C2. The van der Waals surface area contributed by atoms with Gasteiger partial charge in [0.05, 0.1) is 13.1 Å². The highest BCUT2D eigenvalue weighted by molar-refractivity contribution is 5.87. The number of aromatic nitrogens is 1. The van der Waals surface area contributed by atoms with Crippen LogP contribution in [0.25, 0.3) is 0 Å². The molecule has 0 saturated heterocycles. The zero-order valence-electron chi connectivity index (χ0n) is 8.62. The molecule has 0 fully saturated rings. The van der Waals surface area contributed by atoms with Crippen LogP contribution in [0.2, 0.25) is 0 Å². The van der Waals surface area contributed by atoms with Crippen molar-refractivity contribution in [2.45, 2.75) is 19.1 Å². The summed E-state index contributed by atoms with van der Waals surface area (Å²) < 4.78 is 41.3. The van der Waals surface area contributed by atoms with Gasteiger partial charge in [0.1, 0.15) is 0 Å². The summed E-state index contributed by atoms with van der Waals surface area (Å²) in [4.78, 5) is 11.9. The monoisotopic (exact) mass is 250 g/mol. The normalized spacial score (nSPS) is 16.9. The molecule has 2 rings (SSSR count). The maximum atomic E-state index is 12.2. The molecular weight excluding hydrogens is 241 g/mol. The Labute approximate surface area is 93.8 Å². The molecule has 0 amide bonds. The third-order valence-corrected chi connectivity index (χ3v) is 2.52. The first kappa shape index (κ1) is 11.9. The van der Waals surface area contributed by atoms with Gasteiger partial charge < -0.3 is 9.63 Å². The van der Waals surface area contributed by atoms with E-state index < -0.39 is 18.7 Å². The summed E-state index contributed by atoms with van der Waals surface area (Å²) >= 11 is 0. The fourth-order valence-electron chi connectivity index (χ4n) is 1.83. The van der Waals surface area contributed by atoms with Gasteiger partial charge >= 0.3 is 12.1 Å². The van der Waals surface area contributed by atoms with E-state index in [1.165, 1.54) is 0 Å². The Balaban J connectivity index is 2.13. The first-order valence-corrected chi connectivity index (χ1v) is 4.86. The third kappa shape index (κ3) is 2.57. The predicted octanol–water partition coefficient (Wildman–Crippen LogP) is 1.29. The Kier molecular flexibility index (Phi) is 2.82. The molecule has 1 aliphatic rings. The Morgan fingerprint density at radius 2 is 2.24 bits per heavy atom. The van der Waals surface area contributed by atoms with Crippen LogP contribution in [0.3, 0.4) is 0 Å². The third-order valence-electron chi connectivity index (χ3n) is 2.52. The average molecular weight is 250 g/mol. The van der Waals surface area contributed by atoms with Gasteiger partial charge in [-0.2, -0.15) is 13.2 Å². The highest BCUT2D eigenvalue weighted by Gasteiger charge is 2.34. The van der Waals surface area contributed by atoms with E-state index in [1.54, 1.807) is 0 Å². The molecule has 5 nitrogen and oxygen atoms in total. The van der Waals surface area contributed by atoms with Crippen LogP contribution in [0.4, 0.5) is 13.2 Å². The molecule has 1 aromatic heterocycles. The van der Waals surface area contributed by atoms with Crippen molar-refractivity contribution in [3.05, 3.63) is 17.0 Å². The molecule has 8 heteroatoms. The van der Waals surface area contributed by atoms with Gasteiger partial charge in [-0.1, -0.05) is 5.16 Å². The minimum atomic E-state index is -4.27. The van der Waals surface area contributed by atoms with Crippen LogP contribution in [-0.4, -0.2) is 40.4 Å². The van der Waals surface area contributed by atoms with Gasteiger partial charge in [0.2, 0.25) is 0 Å². The largest absolute Gasteiger partial charge is 0.476 e. The van der Waals surface area contributed by atoms with Crippen molar-refractivity contribution in [3.8, 4) is 0 Å². The number of nitrogens with zero attached hydrogens (tertiary/aromatic N) is 2. The number of carboxylic acids is 1. The molecular formula is C9H9F3N2O3. The topological polar surface area (TPSA) is 66.6 Å². The zero-order valence-corrected chi connectivity index (χ0v) is 8.62. The lowest BCUT2D eigenvalue weighted by molar-refractivity contribution is -0.148. The van der Waals surface area contributed by atoms with E-state index >= 15 is 0 Å². The van der Waals surface area contributed by atoms with Gasteiger partial charge in [0.25, 0.3) is 0 Å². The highest BCUT2D eigenvalue weighted by Crippen LogP contribution is 2.25. The van der Waals surface area contributed by atoms with Crippen molar-refractivity contribution >= 4 is 5.97 Å². The average Bonchev–Trinajstić information content (AvgIpc) is 2.57. The molecule has 0 spiro atoms. The lowest BCUT2D eigenvalue weighted by Crippen LogP contribution is -2.37. The summed E-state index contributed by atoms with van der Waals surface area (Å²) in [6.45, 7) is -0.946. The first-order valence-electron chi connectivity index (χ1n) is 4.86. The minimum Gasteiger partial charge on any atom is -0.476 e. The van der Waals surface area contributed by atoms with E-state index in [0.717, 1.165) is 4.90 Å². The predicted molar refractivity (Wildman–Crippen MR) is 48.5 cm³/mol. The summed E-state index contributed by atoms with van der Waals surface area (Å²) in [5, 5.41) is 12.1. The van der Waals surface area contributed by atoms with Crippen LogP contribution < -0.4 is 0 Å². The molecule has 2 heterocycles. The molecule has 0 saturated carbocycles. The fourth-order valence-corrected chi connectivity index (χ4v) is 1.83. The van der Waals surface area contributed by atoms with E-state index in [-0.39, 0.29) is 31.0 Å². The lowest BCUT2D eigenvalue weighted by atomic mass is 10.1. The van der Waals surface area contributed by atoms with Gasteiger partial charge in [-0.3, -0.25) is 4.90 Å². The second-order valence-electron chi connectivity index (χ2n) is 3.81. The number of fused-ring (bicyclic) bond motifs is 1. The number of hydrogen-bond donors (Lipinski definition) is 1. The lowest BCUT2D eigenvalue weighted by Gasteiger charge is -2.25. The van der Waals surface area contributed by atoms with E-state index in [2.05, 4.69) is 5.16 Å². The van der Waals surface area contributed by atoms with Crippen molar-refractivity contribution in [1.82, 2.24) is 10.1 Å². The number of hydrogen-bond acceptors (Lipinski definition) is 4. The van der Waals surface area contributed by atoms with Gasteiger partial charge in [0.15, 0.2) is 11.5 Å². The second kappa shape index (κ2) is 4.02. The Morgan fingerprint density at radius 1 is 1.53 bits per heavy atom. The molecule has 0 bridgehead atoms. The Morgan fingerprint density at radius 3 is 2.82 bits per heavy atom. The molecule has 0 aliphatic carbocycles. The van der Waals surface area contributed by atoms with Gasteiger partial charge in [-0.15, -0.1) is 0 Å². The van der Waals surface area contributed by atoms with Crippen LogP contribution in [0.15, 0.2) is 4.52 Å². The maximum Gasteiger partial charge on any atom is 0.401 e. The van der Waals surface area contributed by atoms with Crippen molar-refractivity contribution in [2.24, 2.45) is 0 Å². The first-order chi connectivity index (χ1) is 7.87. The maximum absolute atomic E-state index is 12.2. The molecule has 1 N–H and O–H groups in total. The molecule has 0 atom stereocenters. The van der Waals surface area contributed by atoms with Crippen LogP contribution in [0.1, 0.15) is 21.8 Å². The van der Waals surface area contributed by atoms with Crippen LogP contribution >= 0.6 is 0 Å². The van der Waals surface area contributed by atoms with E-state index in [0.29, 0.717) is 5.56 Å². The number of carboxylic acid groups (broad SMARTS) is 1. The summed E-state index contributed by atoms with van der Waals surface area (Å²) in [6, 6.07) is 0. The molecule has 0 unspecified atom stereocenters. The van der Waals surface area contributed by atoms with Gasteiger partial charge in [-0.05, 0) is 6.42 Å². The van der Waals surface area contributed by atoms with Crippen LogP contribution in [-0.2, 0) is 13.0 Å². The zero-order chi connectivity index (χ0) is 12.6.